The summed E-state index contributed by atoms with van der Waals surface area (Å²) >= 11 is 0. The fourth-order valence-corrected chi connectivity index (χ4v) is 7.74. The summed E-state index contributed by atoms with van der Waals surface area (Å²) in [5, 5.41) is 0. The van der Waals surface area contributed by atoms with Crippen LogP contribution in [0.25, 0.3) is 0 Å². The molecule has 1 unspecified atom stereocenters. The highest BCUT2D eigenvalue weighted by molar-refractivity contribution is 5.78. The van der Waals surface area contributed by atoms with E-state index >= 15 is 0 Å². The maximum absolute atomic E-state index is 14.0. The van der Waals surface area contributed by atoms with E-state index in [0.717, 1.165) is 43.2 Å². The Hall–Kier alpha value is -2.49. The van der Waals surface area contributed by atoms with E-state index in [9.17, 15) is 4.79 Å². The van der Waals surface area contributed by atoms with Crippen LogP contribution in [0.3, 0.4) is 0 Å². The van der Waals surface area contributed by atoms with Crippen molar-refractivity contribution in [1.82, 2.24) is 9.80 Å². The van der Waals surface area contributed by atoms with Crippen molar-refractivity contribution in [2.75, 3.05) is 20.2 Å². The predicted molar refractivity (Wildman–Crippen MR) is 160 cm³/mol. The van der Waals surface area contributed by atoms with Crippen LogP contribution in [0.4, 0.5) is 4.79 Å². The Labute approximate surface area is 237 Å². The van der Waals surface area contributed by atoms with Gasteiger partial charge >= 0.3 is 6.03 Å². The Balaban J connectivity index is 1.36. The topological polar surface area (TPSA) is 32.8 Å². The van der Waals surface area contributed by atoms with E-state index in [-0.39, 0.29) is 17.0 Å². The number of carbonyl (C=O) groups excluding carboxylic acids is 1. The number of methoxy groups -OCH3 is 1. The highest BCUT2D eigenvalue weighted by atomic mass is 16.5. The molecule has 39 heavy (non-hydrogen) atoms. The lowest BCUT2D eigenvalue weighted by Crippen LogP contribution is -2.54. The number of nitrogens with zero attached hydrogens (tertiary/aromatic N) is 2. The van der Waals surface area contributed by atoms with E-state index < -0.39 is 0 Å². The molecule has 0 bridgehead atoms. The molecule has 0 N–H and O–H groups in total. The van der Waals surface area contributed by atoms with Crippen molar-refractivity contribution < 1.29 is 9.53 Å². The van der Waals surface area contributed by atoms with Gasteiger partial charge in [-0.3, -0.25) is 0 Å². The number of hydrogen-bond donors (Lipinski definition) is 0. The van der Waals surface area contributed by atoms with Crippen molar-refractivity contribution in [2.24, 2.45) is 11.8 Å². The predicted octanol–water partition coefficient (Wildman–Crippen LogP) is 8.59. The highest BCUT2D eigenvalue weighted by Crippen LogP contribution is 2.51. The largest absolute Gasteiger partial charge is 0.497 e. The third kappa shape index (κ3) is 6.15. The molecule has 1 heterocycles. The molecular formula is C35H50N2O2. The Kier molecular flexibility index (Phi) is 8.89. The normalized spacial score (nSPS) is 26.2. The molecule has 2 aromatic rings. The number of hydrogen-bond acceptors (Lipinski definition) is 2. The molecule has 1 atom stereocenters. The molecule has 2 aliphatic carbocycles. The van der Waals surface area contributed by atoms with Gasteiger partial charge in [0.25, 0.3) is 0 Å². The minimum atomic E-state index is -0.0325. The third-order valence-electron chi connectivity index (χ3n) is 10.3. The molecule has 1 aliphatic heterocycles. The quantitative estimate of drug-likeness (QED) is 0.257. The molecule has 5 rings (SSSR count). The van der Waals surface area contributed by atoms with Crippen molar-refractivity contribution in [3.05, 3.63) is 65.7 Å². The average Bonchev–Trinajstić information content (AvgIpc) is 3.18. The molecule has 2 saturated carbocycles. The first-order chi connectivity index (χ1) is 19.0. The van der Waals surface area contributed by atoms with Gasteiger partial charge in [-0.2, -0.15) is 0 Å². The minimum Gasteiger partial charge on any atom is -0.497 e. The standard InChI is InChI=1S/C35H50N2O2/c1-4-5-7-12-28(2)24-34(31-16-8-6-9-17-31)19-21-35(22-20-34)27-36(25-30-15-11-18-32(23-30)39-3)33(38)37(35)26-29-13-10-14-29/h6,8-9,11,15-18,23,28-29H,4-5,7,10,12-14,19-22,24-27H2,1-3H3/t28?,34-,35-. The molecule has 4 heteroatoms. The van der Waals surface area contributed by atoms with E-state index in [4.69, 9.17) is 4.74 Å². The Morgan fingerprint density at radius 3 is 2.44 bits per heavy atom. The fourth-order valence-electron chi connectivity index (χ4n) is 7.74. The van der Waals surface area contributed by atoms with Crippen LogP contribution < -0.4 is 4.74 Å². The second-order valence-corrected chi connectivity index (χ2v) is 13.1. The summed E-state index contributed by atoms with van der Waals surface area (Å²) in [6, 6.07) is 19.8. The molecule has 0 aromatic heterocycles. The van der Waals surface area contributed by atoms with Gasteiger partial charge in [0, 0.05) is 19.6 Å². The zero-order valence-electron chi connectivity index (χ0n) is 24.7. The first-order valence-corrected chi connectivity index (χ1v) is 15.7. The van der Waals surface area contributed by atoms with Crippen LogP contribution in [0, 0.1) is 11.8 Å². The van der Waals surface area contributed by atoms with Crippen LogP contribution in [0.2, 0.25) is 0 Å². The molecular weight excluding hydrogens is 480 g/mol. The zero-order valence-corrected chi connectivity index (χ0v) is 24.7. The highest BCUT2D eigenvalue weighted by Gasteiger charge is 2.54. The Morgan fingerprint density at radius 2 is 1.77 bits per heavy atom. The summed E-state index contributed by atoms with van der Waals surface area (Å²) in [7, 11) is 1.71. The summed E-state index contributed by atoms with van der Waals surface area (Å²) in [5.74, 6) is 2.27. The van der Waals surface area contributed by atoms with Crippen molar-refractivity contribution in [1.29, 1.82) is 0 Å². The van der Waals surface area contributed by atoms with Gasteiger partial charge in [0.2, 0.25) is 0 Å². The summed E-state index contributed by atoms with van der Waals surface area (Å²) in [4.78, 5) is 18.5. The lowest BCUT2D eigenvalue weighted by Gasteiger charge is -2.50. The average molecular weight is 531 g/mol. The van der Waals surface area contributed by atoms with Gasteiger partial charge in [-0.25, -0.2) is 4.79 Å². The van der Waals surface area contributed by atoms with Crippen molar-refractivity contribution in [3.8, 4) is 5.75 Å². The Bertz CT molecular complexity index is 1070. The maximum Gasteiger partial charge on any atom is 0.320 e. The van der Waals surface area contributed by atoms with E-state index in [1.165, 1.54) is 69.8 Å². The van der Waals surface area contributed by atoms with Gasteiger partial charge in [-0.1, -0.05) is 88.4 Å². The van der Waals surface area contributed by atoms with E-state index in [1.807, 2.05) is 12.1 Å². The number of urea groups is 1. The summed E-state index contributed by atoms with van der Waals surface area (Å²) < 4.78 is 5.47. The van der Waals surface area contributed by atoms with Gasteiger partial charge in [-0.05, 0) is 85.5 Å². The van der Waals surface area contributed by atoms with Gasteiger partial charge in [0.15, 0.2) is 0 Å². The van der Waals surface area contributed by atoms with Gasteiger partial charge in [0.1, 0.15) is 5.75 Å². The zero-order chi connectivity index (χ0) is 27.3. The molecule has 1 saturated heterocycles. The SMILES string of the molecule is CCCCCC(C)C[C@]1(c2ccccc2)CC[C@]2(CC1)CN(Cc1cccc(OC)c1)C(=O)N2CC1CCC1. The number of unbranched alkanes of at least 4 members (excludes halogenated alkanes) is 2. The summed E-state index contributed by atoms with van der Waals surface area (Å²) in [6.07, 6.45) is 15.0. The molecule has 2 aromatic carbocycles. The van der Waals surface area contributed by atoms with Gasteiger partial charge < -0.3 is 14.5 Å². The fraction of sp³-hybridized carbons (Fsp3) is 0.629. The summed E-state index contributed by atoms with van der Waals surface area (Å²) in [6.45, 7) is 7.23. The monoisotopic (exact) mass is 530 g/mol. The number of carbonyl (C=O) groups is 1. The van der Waals surface area contributed by atoms with Gasteiger partial charge in [-0.15, -0.1) is 0 Å². The summed E-state index contributed by atoms with van der Waals surface area (Å²) in [5.41, 5.74) is 2.86. The number of rotatable bonds is 12. The third-order valence-corrected chi connectivity index (χ3v) is 10.3. The molecule has 1 spiro atoms. The van der Waals surface area contributed by atoms with E-state index in [0.29, 0.717) is 12.5 Å². The van der Waals surface area contributed by atoms with Crippen LogP contribution in [-0.4, -0.2) is 41.6 Å². The van der Waals surface area contributed by atoms with Crippen LogP contribution in [0.15, 0.2) is 54.6 Å². The van der Waals surface area contributed by atoms with Crippen molar-refractivity contribution >= 4 is 6.03 Å². The molecule has 3 fully saturated rings. The molecule has 2 amide bonds. The number of benzene rings is 2. The van der Waals surface area contributed by atoms with E-state index in [2.05, 4.69) is 66.1 Å². The first kappa shape index (κ1) is 28.1. The molecule has 0 radical (unpaired) electrons. The van der Waals surface area contributed by atoms with Crippen LogP contribution in [0.5, 0.6) is 5.75 Å². The van der Waals surface area contributed by atoms with Crippen LogP contribution >= 0.6 is 0 Å². The van der Waals surface area contributed by atoms with Crippen molar-refractivity contribution in [3.63, 3.8) is 0 Å². The Morgan fingerprint density at radius 1 is 1.00 bits per heavy atom. The number of amides is 2. The van der Waals surface area contributed by atoms with Crippen LogP contribution in [-0.2, 0) is 12.0 Å². The minimum absolute atomic E-state index is 0.0325. The first-order valence-electron chi connectivity index (χ1n) is 15.7. The molecule has 4 nitrogen and oxygen atoms in total. The lowest BCUT2D eigenvalue weighted by molar-refractivity contribution is 0.0586. The lowest BCUT2D eigenvalue weighted by atomic mass is 9.60. The van der Waals surface area contributed by atoms with Crippen LogP contribution in [0.1, 0.15) is 102 Å². The second kappa shape index (κ2) is 12.4. The van der Waals surface area contributed by atoms with Gasteiger partial charge in [0.05, 0.1) is 12.6 Å². The smallest absolute Gasteiger partial charge is 0.320 e. The maximum atomic E-state index is 14.0. The molecule has 212 valence electrons. The second-order valence-electron chi connectivity index (χ2n) is 13.1. The number of ether oxygens (including phenoxy) is 1. The van der Waals surface area contributed by atoms with E-state index in [1.54, 1.807) is 7.11 Å². The van der Waals surface area contributed by atoms with Crippen molar-refractivity contribution in [2.45, 2.75) is 108 Å². The molecule has 3 aliphatic rings.